The second kappa shape index (κ2) is 9.96. The second-order valence-electron chi connectivity index (χ2n) is 6.97. The molecule has 0 amide bonds. The third-order valence-corrected chi connectivity index (χ3v) is 6.68. The molecule has 0 saturated carbocycles. The molecule has 158 valence electrons. The molecule has 0 spiro atoms. The van der Waals surface area contributed by atoms with Crippen molar-refractivity contribution in [2.75, 3.05) is 17.8 Å². The van der Waals surface area contributed by atoms with Crippen molar-refractivity contribution in [3.8, 4) is 5.75 Å². The number of nitrogens with one attached hydrogen (secondary N) is 1. The minimum atomic E-state index is -0.832. The molecule has 4 nitrogen and oxygen atoms in total. The van der Waals surface area contributed by atoms with E-state index in [1.807, 2.05) is 18.2 Å². The van der Waals surface area contributed by atoms with E-state index in [2.05, 4.69) is 26.7 Å². The first-order chi connectivity index (χ1) is 14.6. The van der Waals surface area contributed by atoms with E-state index >= 15 is 0 Å². The Morgan fingerprint density at radius 2 is 2.00 bits per heavy atom. The molecule has 4 rings (SSSR count). The van der Waals surface area contributed by atoms with Crippen molar-refractivity contribution in [3.05, 3.63) is 69.5 Å². The van der Waals surface area contributed by atoms with Gasteiger partial charge in [-0.25, -0.2) is 13.8 Å². The van der Waals surface area contributed by atoms with Crippen LogP contribution in [0.2, 0.25) is 5.02 Å². The number of thiazole rings is 1. The Hall–Kier alpha value is -1.87. The van der Waals surface area contributed by atoms with E-state index in [0.717, 1.165) is 50.5 Å². The molecule has 2 heterocycles. The summed E-state index contributed by atoms with van der Waals surface area (Å²) >= 11 is 8.34. The van der Waals surface area contributed by atoms with Gasteiger partial charge in [0.05, 0.1) is 5.51 Å². The fraction of sp³-hybridized carbons (Fsp3) is 0.286. The van der Waals surface area contributed by atoms with Crippen LogP contribution in [0.25, 0.3) is 0 Å². The van der Waals surface area contributed by atoms with E-state index in [4.69, 9.17) is 16.3 Å². The molecule has 0 unspecified atom stereocenters. The average Bonchev–Trinajstić information content (AvgIpc) is 3.27. The van der Waals surface area contributed by atoms with Crippen LogP contribution in [0.3, 0.4) is 0 Å². The predicted molar refractivity (Wildman–Crippen MR) is 118 cm³/mol. The first-order valence-corrected chi connectivity index (χ1v) is 11.7. The lowest BCUT2D eigenvalue weighted by molar-refractivity contribution is 0.0962. The lowest BCUT2D eigenvalue weighted by Crippen LogP contribution is -2.37. The maximum Gasteiger partial charge on any atom is 0.163 e. The number of piperidine rings is 1. The standard InChI is InChI=1S/C21H20ClF2N3OS2/c22-19-17(10-16(23)21(20(19)24)30-26-18-12-29-13-25-18)28-15-6-8-27(9-7-15)11-14-4-2-1-3-5-14/h1-5,10,12-13,15,26H,6-9,11H2. The molecule has 1 aliphatic rings. The van der Waals surface area contributed by atoms with Crippen LogP contribution in [0.1, 0.15) is 18.4 Å². The van der Waals surface area contributed by atoms with E-state index in [1.165, 1.54) is 16.9 Å². The summed E-state index contributed by atoms with van der Waals surface area (Å²) < 4.78 is 37.9. The Morgan fingerprint density at radius 1 is 1.23 bits per heavy atom. The molecule has 9 heteroatoms. The highest BCUT2D eigenvalue weighted by Crippen LogP contribution is 2.38. The Bertz CT molecular complexity index is 968. The molecular weight excluding hydrogens is 448 g/mol. The Labute approximate surface area is 187 Å². The number of likely N-dealkylation sites (tertiary alicyclic amines) is 1. The number of hydrogen-bond donors (Lipinski definition) is 1. The number of rotatable bonds is 7. The van der Waals surface area contributed by atoms with Crippen LogP contribution >= 0.6 is 34.9 Å². The van der Waals surface area contributed by atoms with Gasteiger partial charge < -0.3 is 9.46 Å². The van der Waals surface area contributed by atoms with Crippen molar-refractivity contribution < 1.29 is 13.5 Å². The van der Waals surface area contributed by atoms with Gasteiger partial charge in [-0.2, -0.15) is 0 Å². The van der Waals surface area contributed by atoms with E-state index in [9.17, 15) is 8.78 Å². The van der Waals surface area contributed by atoms with Gasteiger partial charge in [-0.05, 0) is 30.4 Å². The molecule has 1 aliphatic heterocycles. The van der Waals surface area contributed by atoms with Gasteiger partial charge in [0.15, 0.2) is 5.82 Å². The first kappa shape index (κ1) is 21.4. The SMILES string of the molecule is Fc1cc(OC2CCN(Cc3ccccc3)CC2)c(Cl)c(F)c1SNc1cscn1. The van der Waals surface area contributed by atoms with E-state index < -0.39 is 11.6 Å². The number of nitrogens with zero attached hydrogens (tertiary/aromatic N) is 2. The summed E-state index contributed by atoms with van der Waals surface area (Å²) in [6.07, 6.45) is 1.42. The van der Waals surface area contributed by atoms with Gasteiger partial charge in [0.2, 0.25) is 0 Å². The van der Waals surface area contributed by atoms with Crippen molar-refractivity contribution >= 4 is 40.7 Å². The number of aromatic nitrogens is 1. The average molecular weight is 468 g/mol. The Morgan fingerprint density at radius 3 is 2.70 bits per heavy atom. The molecule has 1 aromatic heterocycles. The molecule has 2 aromatic carbocycles. The summed E-state index contributed by atoms with van der Waals surface area (Å²) in [6.45, 7) is 2.59. The largest absolute Gasteiger partial charge is 0.489 e. The Kier molecular flexibility index (Phi) is 7.09. The normalized spacial score (nSPS) is 15.3. The smallest absolute Gasteiger partial charge is 0.163 e. The number of hydrogen-bond acceptors (Lipinski definition) is 6. The highest BCUT2D eigenvalue weighted by molar-refractivity contribution is 8.00. The van der Waals surface area contributed by atoms with Crippen molar-refractivity contribution in [2.45, 2.75) is 30.4 Å². The van der Waals surface area contributed by atoms with Crippen LogP contribution < -0.4 is 9.46 Å². The van der Waals surface area contributed by atoms with Gasteiger partial charge >= 0.3 is 0 Å². The minimum absolute atomic E-state index is 0.0474. The number of benzene rings is 2. The van der Waals surface area contributed by atoms with Crippen LogP contribution in [0.15, 0.2) is 52.2 Å². The van der Waals surface area contributed by atoms with Crippen molar-refractivity contribution in [1.82, 2.24) is 9.88 Å². The first-order valence-electron chi connectivity index (χ1n) is 9.51. The monoisotopic (exact) mass is 467 g/mol. The summed E-state index contributed by atoms with van der Waals surface area (Å²) in [5.41, 5.74) is 2.90. The molecule has 1 N–H and O–H groups in total. The van der Waals surface area contributed by atoms with Crippen molar-refractivity contribution in [1.29, 1.82) is 0 Å². The van der Waals surface area contributed by atoms with Crippen LogP contribution in [0, 0.1) is 11.6 Å². The second-order valence-corrected chi connectivity index (χ2v) is 8.88. The maximum atomic E-state index is 14.7. The van der Waals surface area contributed by atoms with Gasteiger partial charge in [0.25, 0.3) is 0 Å². The van der Waals surface area contributed by atoms with Crippen LogP contribution in [0.5, 0.6) is 5.75 Å². The molecule has 0 radical (unpaired) electrons. The third-order valence-electron chi connectivity index (χ3n) is 4.85. The summed E-state index contributed by atoms with van der Waals surface area (Å²) in [5, 5.41) is 1.54. The number of halogens is 3. The maximum absolute atomic E-state index is 14.7. The van der Waals surface area contributed by atoms with Crippen LogP contribution in [0.4, 0.5) is 14.6 Å². The fourth-order valence-corrected chi connectivity index (χ4v) is 4.78. The Balaban J connectivity index is 1.35. The lowest BCUT2D eigenvalue weighted by Gasteiger charge is -2.32. The molecular formula is C21H20ClF2N3OS2. The van der Waals surface area contributed by atoms with Gasteiger partial charge in [0, 0.05) is 31.1 Å². The van der Waals surface area contributed by atoms with E-state index in [1.54, 1.807) is 10.9 Å². The van der Waals surface area contributed by atoms with E-state index in [-0.39, 0.29) is 21.8 Å². The number of ether oxygens (including phenoxy) is 1. The van der Waals surface area contributed by atoms with Crippen molar-refractivity contribution in [2.24, 2.45) is 0 Å². The molecule has 0 aliphatic carbocycles. The summed E-state index contributed by atoms with van der Waals surface area (Å²) in [7, 11) is 0. The topological polar surface area (TPSA) is 37.4 Å². The predicted octanol–water partition coefficient (Wildman–Crippen LogP) is 6.24. The van der Waals surface area contributed by atoms with Gasteiger partial charge in [-0.3, -0.25) is 4.90 Å². The van der Waals surface area contributed by atoms with Gasteiger partial charge in [-0.15, -0.1) is 11.3 Å². The van der Waals surface area contributed by atoms with E-state index in [0.29, 0.717) is 5.82 Å². The zero-order valence-electron chi connectivity index (χ0n) is 16.0. The van der Waals surface area contributed by atoms with Gasteiger partial charge in [0.1, 0.15) is 33.4 Å². The molecule has 3 aromatic rings. The fourth-order valence-electron chi connectivity index (χ4n) is 3.31. The molecule has 1 fully saturated rings. The van der Waals surface area contributed by atoms with Crippen LogP contribution in [-0.4, -0.2) is 29.1 Å². The molecule has 30 heavy (non-hydrogen) atoms. The molecule has 1 saturated heterocycles. The third kappa shape index (κ3) is 5.24. The highest BCUT2D eigenvalue weighted by atomic mass is 35.5. The zero-order valence-corrected chi connectivity index (χ0v) is 18.4. The lowest BCUT2D eigenvalue weighted by atomic mass is 10.1. The zero-order chi connectivity index (χ0) is 20.9. The molecule has 0 atom stereocenters. The van der Waals surface area contributed by atoms with Gasteiger partial charge in [-0.1, -0.05) is 41.9 Å². The molecule has 0 bridgehead atoms. The summed E-state index contributed by atoms with van der Waals surface area (Å²) in [6, 6.07) is 11.4. The highest BCUT2D eigenvalue weighted by Gasteiger charge is 2.24. The minimum Gasteiger partial charge on any atom is -0.489 e. The van der Waals surface area contributed by atoms with Crippen LogP contribution in [-0.2, 0) is 6.54 Å². The quantitative estimate of drug-likeness (QED) is 0.329. The van der Waals surface area contributed by atoms with Crippen molar-refractivity contribution in [3.63, 3.8) is 0 Å². The number of anilines is 1. The summed E-state index contributed by atoms with van der Waals surface area (Å²) in [4.78, 5) is 6.16. The summed E-state index contributed by atoms with van der Waals surface area (Å²) in [5.74, 6) is -0.976.